The Morgan fingerprint density at radius 1 is 1.33 bits per heavy atom. The van der Waals surface area contributed by atoms with Crippen LogP contribution >= 0.6 is 0 Å². The molecule has 116 valence electrons. The lowest BCUT2D eigenvalue weighted by atomic mass is 9.95. The molecular formula is C14H22N4O3. The molecule has 2 saturated heterocycles. The molecule has 3 aliphatic rings. The van der Waals surface area contributed by atoms with Crippen molar-refractivity contribution < 1.29 is 14.6 Å². The summed E-state index contributed by atoms with van der Waals surface area (Å²) in [6.07, 6.45) is 7.20. The molecule has 3 heterocycles. The van der Waals surface area contributed by atoms with Crippen LogP contribution in [0.2, 0.25) is 0 Å². The maximum Gasteiger partial charge on any atom is 0.183 e. The number of aliphatic hydroxyl groups excluding tert-OH is 1. The van der Waals surface area contributed by atoms with Crippen LogP contribution in [0.25, 0.3) is 0 Å². The zero-order valence-corrected chi connectivity index (χ0v) is 12.0. The van der Waals surface area contributed by atoms with Gasteiger partial charge in [-0.25, -0.2) is 9.67 Å². The molecule has 0 amide bonds. The molecule has 2 N–H and O–H groups in total. The SMILES string of the molecule is O[C@H]1[C@H](NCC2CCCC2)[C@H]2CO[C@H](O2)[C@@H]1n1cncn1. The second-order valence-electron chi connectivity index (χ2n) is 6.32. The third-order valence-electron chi connectivity index (χ3n) is 4.99. The molecule has 4 rings (SSSR count). The third kappa shape index (κ3) is 2.48. The summed E-state index contributed by atoms with van der Waals surface area (Å²) in [6, 6.07) is -0.453. The summed E-state index contributed by atoms with van der Waals surface area (Å²) in [4.78, 5) is 3.96. The van der Waals surface area contributed by atoms with Gasteiger partial charge in [-0.2, -0.15) is 5.10 Å². The van der Waals surface area contributed by atoms with Crippen molar-refractivity contribution in [2.45, 2.75) is 56.3 Å². The number of nitrogens with one attached hydrogen (secondary N) is 1. The van der Waals surface area contributed by atoms with Gasteiger partial charge in [0.1, 0.15) is 24.8 Å². The van der Waals surface area contributed by atoms with Crippen LogP contribution in [-0.2, 0) is 9.47 Å². The first-order chi connectivity index (χ1) is 10.3. The topological polar surface area (TPSA) is 81.4 Å². The number of hydrogen-bond donors (Lipinski definition) is 2. The Labute approximate surface area is 123 Å². The molecular weight excluding hydrogens is 272 g/mol. The van der Waals surface area contributed by atoms with Crippen molar-refractivity contribution in [2.24, 2.45) is 5.92 Å². The molecule has 1 aromatic heterocycles. The first-order valence-corrected chi connectivity index (χ1v) is 7.85. The standard InChI is InChI=1S/C14H22N4O3/c19-13-11(16-5-9-3-1-2-4-9)10-6-20-14(21-10)12(13)18-8-15-7-17-18/h7-14,16,19H,1-6H2/t10-,11-,12-,13+,14-/m1/s1. The van der Waals surface area contributed by atoms with Crippen LogP contribution in [0.1, 0.15) is 31.7 Å². The quantitative estimate of drug-likeness (QED) is 0.819. The summed E-state index contributed by atoms with van der Waals surface area (Å²) in [5.74, 6) is 0.724. The predicted octanol–water partition coefficient (Wildman–Crippen LogP) is 0.0836. The molecule has 0 spiro atoms. The molecule has 1 saturated carbocycles. The van der Waals surface area contributed by atoms with Crippen molar-refractivity contribution in [3.63, 3.8) is 0 Å². The summed E-state index contributed by atoms with van der Waals surface area (Å²) in [7, 11) is 0. The van der Waals surface area contributed by atoms with Gasteiger partial charge >= 0.3 is 0 Å². The fourth-order valence-electron chi connectivity index (χ4n) is 3.82. The lowest BCUT2D eigenvalue weighted by Gasteiger charge is -2.38. The molecule has 0 unspecified atom stereocenters. The highest BCUT2D eigenvalue weighted by molar-refractivity contribution is 4.99. The van der Waals surface area contributed by atoms with E-state index in [-0.39, 0.29) is 18.2 Å². The summed E-state index contributed by atoms with van der Waals surface area (Å²) >= 11 is 0. The zero-order valence-electron chi connectivity index (χ0n) is 12.0. The number of ether oxygens (including phenoxy) is 2. The van der Waals surface area contributed by atoms with Crippen molar-refractivity contribution in [1.29, 1.82) is 0 Å². The lowest BCUT2D eigenvalue weighted by molar-refractivity contribution is -0.168. The number of aliphatic hydroxyl groups is 1. The Bertz CT molecular complexity index is 463. The molecule has 2 aliphatic heterocycles. The van der Waals surface area contributed by atoms with Crippen LogP contribution in [0.15, 0.2) is 12.7 Å². The highest BCUT2D eigenvalue weighted by atomic mass is 16.7. The van der Waals surface area contributed by atoms with Gasteiger partial charge in [-0.3, -0.25) is 0 Å². The average molecular weight is 294 g/mol. The average Bonchev–Trinajstić information content (AvgIpc) is 3.20. The molecule has 1 aromatic rings. The largest absolute Gasteiger partial charge is 0.389 e. The summed E-state index contributed by atoms with van der Waals surface area (Å²) in [6.45, 7) is 1.46. The summed E-state index contributed by atoms with van der Waals surface area (Å²) < 4.78 is 13.2. The number of aromatic nitrogens is 3. The molecule has 21 heavy (non-hydrogen) atoms. The highest BCUT2D eigenvalue weighted by Crippen LogP contribution is 2.35. The Morgan fingerprint density at radius 3 is 2.95 bits per heavy atom. The minimum absolute atomic E-state index is 0.0776. The Morgan fingerprint density at radius 2 is 2.19 bits per heavy atom. The van der Waals surface area contributed by atoms with Crippen LogP contribution in [-0.4, -0.2) is 57.6 Å². The maximum atomic E-state index is 10.7. The highest BCUT2D eigenvalue weighted by Gasteiger charge is 2.51. The van der Waals surface area contributed by atoms with E-state index in [2.05, 4.69) is 15.4 Å². The summed E-state index contributed by atoms with van der Waals surface area (Å²) in [5, 5.41) is 18.4. The Kier molecular flexibility index (Phi) is 3.66. The molecule has 7 heteroatoms. The lowest BCUT2D eigenvalue weighted by Crippen LogP contribution is -2.58. The first kappa shape index (κ1) is 13.6. The van der Waals surface area contributed by atoms with Gasteiger partial charge in [0.15, 0.2) is 6.29 Å². The van der Waals surface area contributed by atoms with Crippen molar-refractivity contribution in [3.8, 4) is 0 Å². The second-order valence-corrected chi connectivity index (χ2v) is 6.32. The van der Waals surface area contributed by atoms with Gasteiger partial charge in [0.25, 0.3) is 0 Å². The fourth-order valence-corrected chi connectivity index (χ4v) is 3.82. The van der Waals surface area contributed by atoms with Crippen molar-refractivity contribution >= 4 is 0 Å². The van der Waals surface area contributed by atoms with Gasteiger partial charge in [-0.15, -0.1) is 0 Å². The molecule has 7 nitrogen and oxygen atoms in total. The van der Waals surface area contributed by atoms with E-state index in [0.717, 1.165) is 12.5 Å². The Balaban J connectivity index is 1.47. The summed E-state index contributed by atoms with van der Waals surface area (Å²) in [5.41, 5.74) is 0. The maximum absolute atomic E-state index is 10.7. The van der Waals surface area contributed by atoms with Crippen LogP contribution in [0.3, 0.4) is 0 Å². The molecule has 3 fully saturated rings. The van der Waals surface area contributed by atoms with Crippen molar-refractivity contribution in [2.75, 3.05) is 13.2 Å². The van der Waals surface area contributed by atoms with Crippen LogP contribution < -0.4 is 5.32 Å². The predicted molar refractivity (Wildman–Crippen MR) is 73.4 cm³/mol. The van der Waals surface area contributed by atoms with E-state index in [4.69, 9.17) is 9.47 Å². The van der Waals surface area contributed by atoms with E-state index >= 15 is 0 Å². The van der Waals surface area contributed by atoms with E-state index < -0.39 is 12.4 Å². The van der Waals surface area contributed by atoms with E-state index in [9.17, 15) is 5.11 Å². The van der Waals surface area contributed by atoms with Gasteiger partial charge in [0.2, 0.25) is 0 Å². The molecule has 1 aliphatic carbocycles. The van der Waals surface area contributed by atoms with E-state index in [1.807, 2.05) is 0 Å². The normalized spacial score (nSPS) is 40.0. The fraction of sp³-hybridized carbons (Fsp3) is 0.857. The second kappa shape index (κ2) is 5.64. The number of rotatable bonds is 4. The Hall–Kier alpha value is -1.02. The van der Waals surface area contributed by atoms with Crippen LogP contribution in [0, 0.1) is 5.92 Å². The monoisotopic (exact) mass is 294 g/mol. The third-order valence-corrected chi connectivity index (χ3v) is 4.99. The minimum Gasteiger partial charge on any atom is -0.389 e. The van der Waals surface area contributed by atoms with Crippen LogP contribution in [0.4, 0.5) is 0 Å². The van der Waals surface area contributed by atoms with Crippen molar-refractivity contribution in [3.05, 3.63) is 12.7 Å². The number of fused-ring (bicyclic) bond motifs is 2. The van der Waals surface area contributed by atoms with Gasteiger partial charge in [0.05, 0.1) is 18.8 Å². The van der Waals surface area contributed by atoms with Gasteiger partial charge in [-0.05, 0) is 25.3 Å². The van der Waals surface area contributed by atoms with Crippen molar-refractivity contribution in [1.82, 2.24) is 20.1 Å². The zero-order chi connectivity index (χ0) is 14.2. The molecule has 0 radical (unpaired) electrons. The molecule has 0 aromatic carbocycles. The van der Waals surface area contributed by atoms with E-state index in [1.165, 1.54) is 32.0 Å². The first-order valence-electron chi connectivity index (χ1n) is 7.85. The molecule has 2 bridgehead atoms. The molecule has 5 atom stereocenters. The number of hydrogen-bond acceptors (Lipinski definition) is 6. The van der Waals surface area contributed by atoms with Gasteiger partial charge in [0, 0.05) is 0 Å². The van der Waals surface area contributed by atoms with Gasteiger partial charge < -0.3 is 19.9 Å². The van der Waals surface area contributed by atoms with Gasteiger partial charge in [-0.1, -0.05) is 12.8 Å². The van der Waals surface area contributed by atoms with E-state index in [0.29, 0.717) is 6.61 Å². The minimum atomic E-state index is -0.584. The van der Waals surface area contributed by atoms with E-state index in [1.54, 1.807) is 11.0 Å². The van der Waals surface area contributed by atoms with Crippen LogP contribution in [0.5, 0.6) is 0 Å². The smallest absolute Gasteiger partial charge is 0.183 e. The number of nitrogens with zero attached hydrogens (tertiary/aromatic N) is 3.